The highest BCUT2D eigenvalue weighted by molar-refractivity contribution is 5.49. The van der Waals surface area contributed by atoms with E-state index < -0.39 is 0 Å². The Bertz CT molecular complexity index is 534. The molecule has 2 aromatic carbocycles. The maximum atomic E-state index is 5.69. The standard InChI is InChI=1S/C17H21NO/c1-13(2)19-17-10-6-9-16(11-17)18-12-15-8-5-4-7-14(15)3/h4-11,13,18H,12H2,1-3H3. The molecule has 0 radical (unpaired) electrons. The zero-order valence-electron chi connectivity index (χ0n) is 11.8. The van der Waals surface area contributed by atoms with E-state index in [0.717, 1.165) is 18.0 Å². The zero-order chi connectivity index (χ0) is 13.7. The molecule has 19 heavy (non-hydrogen) atoms. The number of hydrogen-bond acceptors (Lipinski definition) is 2. The minimum Gasteiger partial charge on any atom is -0.491 e. The summed E-state index contributed by atoms with van der Waals surface area (Å²) in [6, 6.07) is 16.5. The topological polar surface area (TPSA) is 21.3 Å². The smallest absolute Gasteiger partial charge is 0.121 e. The summed E-state index contributed by atoms with van der Waals surface area (Å²) < 4.78 is 5.69. The molecule has 0 unspecified atom stereocenters. The van der Waals surface area contributed by atoms with Crippen LogP contribution in [-0.4, -0.2) is 6.10 Å². The van der Waals surface area contributed by atoms with Crippen LogP contribution in [0, 0.1) is 6.92 Å². The SMILES string of the molecule is Cc1ccccc1CNc1cccc(OC(C)C)c1. The first-order valence-electron chi connectivity index (χ1n) is 6.70. The van der Waals surface area contributed by atoms with Crippen LogP contribution in [0.2, 0.25) is 0 Å². The van der Waals surface area contributed by atoms with E-state index >= 15 is 0 Å². The quantitative estimate of drug-likeness (QED) is 0.855. The molecule has 2 heteroatoms. The summed E-state index contributed by atoms with van der Waals surface area (Å²) in [5.41, 5.74) is 3.71. The van der Waals surface area contributed by atoms with Crippen molar-refractivity contribution < 1.29 is 4.74 Å². The Morgan fingerprint density at radius 3 is 2.58 bits per heavy atom. The molecule has 2 rings (SSSR count). The summed E-state index contributed by atoms with van der Waals surface area (Å²) in [6.45, 7) is 7.04. The molecule has 0 aliphatic heterocycles. The third kappa shape index (κ3) is 4.02. The Balaban J connectivity index is 2.02. The van der Waals surface area contributed by atoms with Crippen LogP contribution in [0.3, 0.4) is 0 Å². The first-order valence-corrected chi connectivity index (χ1v) is 6.70. The van der Waals surface area contributed by atoms with Crippen molar-refractivity contribution in [3.63, 3.8) is 0 Å². The van der Waals surface area contributed by atoms with Crippen LogP contribution in [0.1, 0.15) is 25.0 Å². The van der Waals surface area contributed by atoms with Gasteiger partial charge in [0.1, 0.15) is 5.75 Å². The number of nitrogens with one attached hydrogen (secondary N) is 1. The van der Waals surface area contributed by atoms with Gasteiger partial charge in [0.15, 0.2) is 0 Å². The summed E-state index contributed by atoms with van der Waals surface area (Å²) in [5, 5.41) is 3.44. The van der Waals surface area contributed by atoms with Gasteiger partial charge in [-0.15, -0.1) is 0 Å². The second kappa shape index (κ2) is 6.28. The first kappa shape index (κ1) is 13.5. The fourth-order valence-electron chi connectivity index (χ4n) is 1.96. The van der Waals surface area contributed by atoms with Gasteiger partial charge in [-0.05, 0) is 44.0 Å². The molecule has 0 heterocycles. The summed E-state index contributed by atoms with van der Waals surface area (Å²) in [7, 11) is 0. The van der Waals surface area contributed by atoms with Gasteiger partial charge in [0.25, 0.3) is 0 Å². The van der Waals surface area contributed by atoms with E-state index in [1.807, 2.05) is 32.0 Å². The lowest BCUT2D eigenvalue weighted by Gasteiger charge is -2.12. The first-order chi connectivity index (χ1) is 9.15. The summed E-state index contributed by atoms with van der Waals surface area (Å²) in [4.78, 5) is 0. The second-order valence-electron chi connectivity index (χ2n) is 4.97. The summed E-state index contributed by atoms with van der Waals surface area (Å²) in [6.07, 6.45) is 0.201. The van der Waals surface area contributed by atoms with Gasteiger partial charge in [0.2, 0.25) is 0 Å². The van der Waals surface area contributed by atoms with Gasteiger partial charge in [-0.1, -0.05) is 30.3 Å². The van der Waals surface area contributed by atoms with Gasteiger partial charge in [-0.25, -0.2) is 0 Å². The van der Waals surface area contributed by atoms with Gasteiger partial charge in [-0.2, -0.15) is 0 Å². The van der Waals surface area contributed by atoms with Crippen molar-refractivity contribution in [2.75, 3.05) is 5.32 Å². The largest absolute Gasteiger partial charge is 0.491 e. The van der Waals surface area contributed by atoms with Crippen molar-refractivity contribution >= 4 is 5.69 Å². The molecule has 0 bridgehead atoms. The summed E-state index contributed by atoms with van der Waals surface area (Å²) >= 11 is 0. The zero-order valence-corrected chi connectivity index (χ0v) is 11.8. The number of rotatable bonds is 5. The number of aryl methyl sites for hydroxylation is 1. The minimum atomic E-state index is 0.201. The molecular formula is C17H21NO. The van der Waals surface area contributed by atoms with Gasteiger partial charge in [-0.3, -0.25) is 0 Å². The molecule has 0 aromatic heterocycles. The maximum Gasteiger partial charge on any atom is 0.121 e. The van der Waals surface area contributed by atoms with Crippen molar-refractivity contribution in [1.29, 1.82) is 0 Å². The molecule has 0 amide bonds. The predicted molar refractivity (Wildman–Crippen MR) is 80.7 cm³/mol. The van der Waals surface area contributed by atoms with Crippen LogP contribution in [0.4, 0.5) is 5.69 Å². The fraction of sp³-hybridized carbons (Fsp3) is 0.294. The molecule has 0 aliphatic carbocycles. The van der Waals surface area contributed by atoms with E-state index in [9.17, 15) is 0 Å². The Morgan fingerprint density at radius 1 is 1.05 bits per heavy atom. The van der Waals surface area contributed by atoms with Crippen LogP contribution in [-0.2, 0) is 6.54 Å². The van der Waals surface area contributed by atoms with Crippen molar-refractivity contribution in [3.05, 3.63) is 59.7 Å². The average Bonchev–Trinajstić information content (AvgIpc) is 2.37. The van der Waals surface area contributed by atoms with Crippen molar-refractivity contribution in [3.8, 4) is 5.75 Å². The molecule has 2 nitrogen and oxygen atoms in total. The number of ether oxygens (including phenoxy) is 1. The predicted octanol–water partition coefficient (Wildman–Crippen LogP) is 4.39. The van der Waals surface area contributed by atoms with Crippen LogP contribution in [0.15, 0.2) is 48.5 Å². The van der Waals surface area contributed by atoms with E-state index in [4.69, 9.17) is 4.74 Å². The monoisotopic (exact) mass is 255 g/mol. The average molecular weight is 255 g/mol. The van der Waals surface area contributed by atoms with E-state index in [2.05, 4.69) is 42.6 Å². The normalized spacial score (nSPS) is 10.5. The second-order valence-corrected chi connectivity index (χ2v) is 4.97. The Labute approximate surface area is 115 Å². The van der Waals surface area contributed by atoms with Gasteiger partial charge in [0.05, 0.1) is 6.10 Å². The molecule has 100 valence electrons. The van der Waals surface area contributed by atoms with Crippen LogP contribution in [0.5, 0.6) is 5.75 Å². The van der Waals surface area contributed by atoms with Crippen molar-refractivity contribution in [2.45, 2.75) is 33.4 Å². The highest BCUT2D eigenvalue weighted by Gasteiger charge is 2.00. The lowest BCUT2D eigenvalue weighted by molar-refractivity contribution is 0.242. The molecule has 2 aromatic rings. The molecule has 0 saturated carbocycles. The van der Waals surface area contributed by atoms with Gasteiger partial charge >= 0.3 is 0 Å². The summed E-state index contributed by atoms with van der Waals surface area (Å²) in [5.74, 6) is 0.907. The molecule has 0 atom stereocenters. The lowest BCUT2D eigenvalue weighted by atomic mass is 10.1. The van der Waals surface area contributed by atoms with Crippen LogP contribution < -0.4 is 10.1 Å². The van der Waals surface area contributed by atoms with Gasteiger partial charge in [0, 0.05) is 18.3 Å². The molecule has 0 aliphatic rings. The lowest BCUT2D eigenvalue weighted by Crippen LogP contribution is -2.06. The third-order valence-corrected chi connectivity index (χ3v) is 2.95. The molecule has 1 N–H and O–H groups in total. The van der Waals surface area contributed by atoms with E-state index in [-0.39, 0.29) is 6.10 Å². The Hall–Kier alpha value is -1.96. The van der Waals surface area contributed by atoms with Crippen molar-refractivity contribution in [1.82, 2.24) is 0 Å². The minimum absolute atomic E-state index is 0.201. The van der Waals surface area contributed by atoms with Crippen LogP contribution >= 0.6 is 0 Å². The Kier molecular flexibility index (Phi) is 4.45. The highest BCUT2D eigenvalue weighted by Crippen LogP contribution is 2.19. The fourth-order valence-corrected chi connectivity index (χ4v) is 1.96. The molecule has 0 saturated heterocycles. The Morgan fingerprint density at radius 2 is 1.84 bits per heavy atom. The molecular weight excluding hydrogens is 234 g/mol. The van der Waals surface area contributed by atoms with E-state index in [1.165, 1.54) is 11.1 Å². The molecule has 0 spiro atoms. The number of benzene rings is 2. The van der Waals surface area contributed by atoms with Gasteiger partial charge < -0.3 is 10.1 Å². The molecule has 0 fully saturated rings. The van der Waals surface area contributed by atoms with E-state index in [0.29, 0.717) is 0 Å². The van der Waals surface area contributed by atoms with E-state index in [1.54, 1.807) is 0 Å². The number of hydrogen-bond donors (Lipinski definition) is 1. The maximum absolute atomic E-state index is 5.69. The van der Waals surface area contributed by atoms with Crippen LogP contribution in [0.25, 0.3) is 0 Å². The highest BCUT2D eigenvalue weighted by atomic mass is 16.5. The third-order valence-electron chi connectivity index (χ3n) is 2.95. The van der Waals surface area contributed by atoms with Crippen molar-refractivity contribution in [2.24, 2.45) is 0 Å². The number of anilines is 1.